The third-order valence-corrected chi connectivity index (χ3v) is 2.18. The molecule has 0 heterocycles. The normalized spacial score (nSPS) is 19.0. The van der Waals surface area contributed by atoms with Crippen molar-refractivity contribution in [1.29, 1.82) is 0 Å². The van der Waals surface area contributed by atoms with Crippen molar-refractivity contribution in [3.05, 3.63) is 61.4 Å². The Morgan fingerprint density at radius 1 is 0.909 bits per heavy atom. The van der Waals surface area contributed by atoms with Crippen molar-refractivity contribution < 1.29 is 23.3 Å². The summed E-state index contributed by atoms with van der Waals surface area (Å²) in [5, 5.41) is 0. The Morgan fingerprint density at radius 3 is 1.18 bits per heavy atom. The molecule has 130 valence electrons. The van der Waals surface area contributed by atoms with Gasteiger partial charge in [-0.1, -0.05) is 39.5 Å². The maximum atomic E-state index is 3.22. The predicted molar refractivity (Wildman–Crippen MR) is 107 cm³/mol. The van der Waals surface area contributed by atoms with E-state index >= 15 is 0 Å². The monoisotopic (exact) mass is 436 g/mol. The Hall–Kier alpha value is 0.640. The topological polar surface area (TPSA) is 0 Å². The number of allylic oxidation sites excluding steroid dienone is 8. The molecular formula is C18H32Cl2SiZr-4. The summed E-state index contributed by atoms with van der Waals surface area (Å²) in [6.45, 7) is 14.4. The third-order valence-electron chi connectivity index (χ3n) is 2.18. The Labute approximate surface area is 169 Å². The predicted octanol–water partition coefficient (Wildman–Crippen LogP) is 5.49. The second-order valence-corrected chi connectivity index (χ2v) is 4.53. The number of rotatable bonds is 0. The molecule has 0 amide bonds. The molecular weight excluding hydrogens is 406 g/mol. The summed E-state index contributed by atoms with van der Waals surface area (Å²) in [4.78, 5) is 0. The van der Waals surface area contributed by atoms with Crippen LogP contribution in [0.25, 0.3) is 0 Å². The molecule has 0 aliphatic heterocycles. The Morgan fingerprint density at radius 2 is 1.14 bits per heavy atom. The fourth-order valence-corrected chi connectivity index (χ4v) is 1.49. The van der Waals surface area contributed by atoms with Gasteiger partial charge in [0.25, 0.3) is 0 Å². The van der Waals surface area contributed by atoms with Crippen molar-refractivity contribution in [2.75, 3.05) is 0 Å². The molecule has 0 radical (unpaired) electrons. The van der Waals surface area contributed by atoms with Crippen LogP contribution in [-0.4, -0.2) is 6.88 Å². The van der Waals surface area contributed by atoms with Gasteiger partial charge in [0.2, 0.25) is 0 Å². The number of halogens is 2. The van der Waals surface area contributed by atoms with Crippen LogP contribution in [0.3, 0.4) is 0 Å². The molecule has 0 nitrogen and oxygen atoms in total. The molecule has 0 bridgehead atoms. The second kappa shape index (κ2) is 23.9. The van der Waals surface area contributed by atoms with Crippen LogP contribution in [0.1, 0.15) is 41.5 Å². The first-order valence-corrected chi connectivity index (χ1v) is 12.6. The first-order valence-electron chi connectivity index (χ1n) is 6.65. The van der Waals surface area contributed by atoms with Crippen LogP contribution < -0.4 is 0 Å². The van der Waals surface area contributed by atoms with E-state index in [0.717, 1.165) is 0 Å². The van der Waals surface area contributed by atoms with Gasteiger partial charge >= 0.3 is 30.2 Å². The van der Waals surface area contributed by atoms with E-state index in [4.69, 9.17) is 0 Å². The molecule has 0 aromatic heterocycles. The average Bonchev–Trinajstić information content (AvgIpc) is 2.92. The van der Waals surface area contributed by atoms with Crippen LogP contribution >= 0.6 is 24.8 Å². The van der Waals surface area contributed by atoms with Gasteiger partial charge in [0, 0.05) is 0 Å². The molecule has 0 saturated heterocycles. The number of hydrogen-bond acceptors (Lipinski definition) is 0. The fraction of sp³-hybridized carbons (Fsp3) is 0.444. The van der Waals surface area contributed by atoms with Gasteiger partial charge in [-0.15, -0.1) is 24.8 Å². The standard InChI is InChI=1S/2C7H9.C3H7.CH3.2ClH.H2Si.Zr/c2*1-6-3-4-7(2)5-6;1-3-2;;;;;/h2*3-4,6H,1-2H3;3H,1-2H3;1H3;2*1H;1H2;/q4*-1;;;;. The van der Waals surface area contributed by atoms with Crippen LogP contribution in [0.5, 0.6) is 0 Å². The molecule has 0 aromatic carbocycles. The van der Waals surface area contributed by atoms with Crippen molar-refractivity contribution in [1.82, 2.24) is 0 Å². The molecule has 2 aliphatic carbocycles. The molecule has 0 N–H and O–H groups in total. The van der Waals surface area contributed by atoms with Crippen LogP contribution in [0, 0.1) is 37.8 Å². The van der Waals surface area contributed by atoms with E-state index in [9.17, 15) is 0 Å². The van der Waals surface area contributed by atoms with E-state index in [1.54, 1.807) is 23.3 Å². The molecule has 0 aromatic rings. The van der Waals surface area contributed by atoms with E-state index in [2.05, 4.69) is 64.2 Å². The van der Waals surface area contributed by atoms with E-state index in [-0.39, 0.29) is 32.2 Å². The Kier molecular flexibility index (Phi) is 37.0. The first kappa shape index (κ1) is 34.1. The molecule has 4 heteroatoms. The quantitative estimate of drug-likeness (QED) is 0.347. The van der Waals surface area contributed by atoms with Gasteiger partial charge in [0.1, 0.15) is 0 Å². The molecule has 0 spiro atoms. The van der Waals surface area contributed by atoms with E-state index < -0.39 is 0 Å². The van der Waals surface area contributed by atoms with Crippen LogP contribution in [0.15, 0.2) is 35.5 Å². The minimum absolute atomic E-state index is 0. The van der Waals surface area contributed by atoms with E-state index in [1.165, 1.54) is 11.1 Å². The van der Waals surface area contributed by atoms with Crippen LogP contribution in [0.2, 0.25) is 0 Å². The summed E-state index contributed by atoms with van der Waals surface area (Å²) >= 11 is 1.58. The minimum atomic E-state index is 0. The van der Waals surface area contributed by atoms with Crippen LogP contribution in [-0.2, 0) is 23.3 Å². The fourth-order valence-electron chi connectivity index (χ4n) is 1.49. The second-order valence-electron chi connectivity index (χ2n) is 4.53. The summed E-state index contributed by atoms with van der Waals surface area (Å²) in [5.41, 5.74) is 2.54. The van der Waals surface area contributed by atoms with E-state index in [1.807, 2.05) is 27.1 Å². The molecule has 2 atom stereocenters. The zero-order chi connectivity index (χ0) is 15.3. The Balaban J connectivity index is -0.0000000617. The van der Waals surface area contributed by atoms with Crippen molar-refractivity contribution in [2.24, 2.45) is 11.8 Å². The molecule has 2 unspecified atom stereocenters. The molecule has 2 aliphatic rings. The zero-order valence-electron chi connectivity index (χ0n) is 15.1. The molecule has 0 saturated carbocycles. The summed E-state index contributed by atoms with van der Waals surface area (Å²) in [6.07, 6.45) is 16.9. The van der Waals surface area contributed by atoms with Crippen molar-refractivity contribution in [3.63, 3.8) is 0 Å². The van der Waals surface area contributed by atoms with Gasteiger partial charge in [-0.2, -0.15) is 26.0 Å². The SMILES string of the molecule is CC1=[C-]C(C)C=C1.CC1=[C-]C(C)C=C1.C[CH-]C.Cl.Cl.[CH3-].[SiH2]=[Zr]. The summed E-state index contributed by atoms with van der Waals surface area (Å²) in [5.74, 6) is 1.11. The van der Waals surface area contributed by atoms with E-state index in [0.29, 0.717) is 11.8 Å². The van der Waals surface area contributed by atoms with Gasteiger partial charge in [0.15, 0.2) is 0 Å². The van der Waals surface area contributed by atoms with Crippen molar-refractivity contribution in [3.8, 4) is 0 Å². The summed E-state index contributed by atoms with van der Waals surface area (Å²) in [6, 6.07) is 0. The third kappa shape index (κ3) is 22.9. The van der Waals surface area contributed by atoms with Gasteiger partial charge in [0.05, 0.1) is 0 Å². The van der Waals surface area contributed by atoms with Gasteiger partial charge in [-0.25, -0.2) is 23.3 Å². The maximum absolute atomic E-state index is 3.22. The molecule has 2 rings (SSSR count). The van der Waals surface area contributed by atoms with Crippen LogP contribution in [0.4, 0.5) is 0 Å². The Bertz CT molecular complexity index is 315. The van der Waals surface area contributed by atoms with Gasteiger partial charge in [-0.3, -0.25) is 12.2 Å². The zero-order valence-corrected chi connectivity index (χ0v) is 20.6. The van der Waals surface area contributed by atoms with Gasteiger partial charge in [-0.05, 0) is 0 Å². The first-order chi connectivity index (χ1) is 8.99. The average molecular weight is 439 g/mol. The molecule has 0 fully saturated rings. The van der Waals surface area contributed by atoms with Crippen molar-refractivity contribution in [2.45, 2.75) is 41.5 Å². The summed E-state index contributed by atoms with van der Waals surface area (Å²) < 4.78 is 0. The number of hydrogen-bond donors (Lipinski definition) is 0. The summed E-state index contributed by atoms with van der Waals surface area (Å²) in [7, 11) is 0. The van der Waals surface area contributed by atoms with Gasteiger partial charge < -0.3 is 13.8 Å². The molecule has 22 heavy (non-hydrogen) atoms. The van der Waals surface area contributed by atoms with Crippen molar-refractivity contribution >= 4 is 31.7 Å².